The van der Waals surface area contributed by atoms with Gasteiger partial charge in [-0.2, -0.15) is 0 Å². The number of rotatable bonds is 4. The standard InChI is InChI=1S/C10H13FN6/c1-7-9(11)10(14-5-13-7)12-4-3-8-16-15-6-17(8)2/h5-6H,3-4H2,1-2H3,(H,12,13,14). The van der Waals surface area contributed by atoms with Crippen LogP contribution in [0.3, 0.4) is 0 Å². The Morgan fingerprint density at radius 1 is 1.41 bits per heavy atom. The molecule has 0 saturated heterocycles. The second kappa shape index (κ2) is 4.86. The van der Waals surface area contributed by atoms with Crippen LogP contribution >= 0.6 is 0 Å². The number of hydrogen-bond acceptors (Lipinski definition) is 5. The Hall–Kier alpha value is -2.05. The second-order valence-electron chi connectivity index (χ2n) is 3.66. The summed E-state index contributed by atoms with van der Waals surface area (Å²) in [5, 5.41) is 10.6. The van der Waals surface area contributed by atoms with E-state index in [1.54, 1.807) is 13.3 Å². The molecule has 0 saturated carbocycles. The predicted molar refractivity (Wildman–Crippen MR) is 59.9 cm³/mol. The minimum Gasteiger partial charge on any atom is -0.367 e. The molecule has 1 N–H and O–H groups in total. The highest BCUT2D eigenvalue weighted by Gasteiger charge is 2.07. The molecule has 0 radical (unpaired) electrons. The van der Waals surface area contributed by atoms with Crippen molar-refractivity contribution in [3.8, 4) is 0 Å². The van der Waals surface area contributed by atoms with Crippen molar-refractivity contribution in [3.63, 3.8) is 0 Å². The SMILES string of the molecule is Cc1ncnc(NCCc2nncn2C)c1F. The molecule has 0 bridgehead atoms. The van der Waals surface area contributed by atoms with Crippen molar-refractivity contribution < 1.29 is 4.39 Å². The van der Waals surface area contributed by atoms with E-state index >= 15 is 0 Å². The normalized spacial score (nSPS) is 10.5. The van der Waals surface area contributed by atoms with Crippen LogP contribution in [-0.2, 0) is 13.5 Å². The Bertz CT molecular complexity index is 509. The number of anilines is 1. The van der Waals surface area contributed by atoms with Gasteiger partial charge in [-0.05, 0) is 6.92 Å². The summed E-state index contributed by atoms with van der Waals surface area (Å²) in [6.07, 6.45) is 3.62. The number of aromatic nitrogens is 5. The van der Waals surface area contributed by atoms with Gasteiger partial charge in [-0.15, -0.1) is 10.2 Å². The van der Waals surface area contributed by atoms with Gasteiger partial charge in [0.05, 0.1) is 5.69 Å². The predicted octanol–water partition coefficient (Wildman–Crippen LogP) is 0.707. The van der Waals surface area contributed by atoms with Gasteiger partial charge >= 0.3 is 0 Å². The van der Waals surface area contributed by atoms with Crippen LogP contribution in [-0.4, -0.2) is 31.3 Å². The van der Waals surface area contributed by atoms with E-state index in [2.05, 4.69) is 25.5 Å². The maximum absolute atomic E-state index is 13.5. The van der Waals surface area contributed by atoms with Crippen molar-refractivity contribution in [2.75, 3.05) is 11.9 Å². The summed E-state index contributed by atoms with van der Waals surface area (Å²) in [6, 6.07) is 0. The van der Waals surface area contributed by atoms with E-state index in [1.807, 2.05) is 11.6 Å². The van der Waals surface area contributed by atoms with Gasteiger partial charge in [-0.1, -0.05) is 0 Å². The Kier molecular flexibility index (Phi) is 3.27. The average Bonchev–Trinajstić information content (AvgIpc) is 2.71. The number of nitrogens with one attached hydrogen (secondary N) is 1. The molecule has 6 nitrogen and oxygen atoms in total. The third kappa shape index (κ3) is 2.55. The summed E-state index contributed by atoms with van der Waals surface area (Å²) in [7, 11) is 1.87. The maximum Gasteiger partial charge on any atom is 0.186 e. The molecule has 2 aromatic heterocycles. The van der Waals surface area contributed by atoms with Gasteiger partial charge < -0.3 is 9.88 Å². The van der Waals surface area contributed by atoms with Crippen LogP contribution in [0.2, 0.25) is 0 Å². The second-order valence-corrected chi connectivity index (χ2v) is 3.66. The summed E-state index contributed by atoms with van der Waals surface area (Å²) in [6.45, 7) is 2.14. The van der Waals surface area contributed by atoms with E-state index in [4.69, 9.17) is 0 Å². The van der Waals surface area contributed by atoms with Gasteiger partial charge in [0, 0.05) is 20.0 Å². The van der Waals surface area contributed by atoms with Crippen molar-refractivity contribution in [1.82, 2.24) is 24.7 Å². The summed E-state index contributed by atoms with van der Waals surface area (Å²) < 4.78 is 15.3. The number of hydrogen-bond donors (Lipinski definition) is 1. The molecule has 17 heavy (non-hydrogen) atoms. The fourth-order valence-electron chi connectivity index (χ4n) is 1.41. The quantitative estimate of drug-likeness (QED) is 0.846. The molecule has 0 aliphatic rings. The highest BCUT2D eigenvalue weighted by molar-refractivity contribution is 5.36. The number of aryl methyl sites for hydroxylation is 2. The minimum absolute atomic E-state index is 0.222. The minimum atomic E-state index is -0.412. The van der Waals surface area contributed by atoms with Gasteiger partial charge in [-0.25, -0.2) is 14.4 Å². The zero-order valence-electron chi connectivity index (χ0n) is 9.68. The van der Waals surface area contributed by atoms with E-state index in [0.717, 1.165) is 5.82 Å². The third-order valence-electron chi connectivity index (χ3n) is 2.41. The van der Waals surface area contributed by atoms with Crippen LogP contribution in [0.15, 0.2) is 12.7 Å². The van der Waals surface area contributed by atoms with E-state index < -0.39 is 5.82 Å². The van der Waals surface area contributed by atoms with Crippen molar-refractivity contribution in [3.05, 3.63) is 30.0 Å². The molecule has 2 aromatic rings. The molecule has 0 fully saturated rings. The molecule has 7 heteroatoms. The summed E-state index contributed by atoms with van der Waals surface area (Å²) in [5.74, 6) is 0.647. The molecular weight excluding hydrogens is 223 g/mol. The lowest BCUT2D eigenvalue weighted by Gasteiger charge is -2.06. The van der Waals surface area contributed by atoms with E-state index in [-0.39, 0.29) is 5.82 Å². The van der Waals surface area contributed by atoms with Gasteiger partial charge in [-0.3, -0.25) is 0 Å². The monoisotopic (exact) mass is 236 g/mol. The molecule has 2 heterocycles. The lowest BCUT2D eigenvalue weighted by atomic mass is 10.3. The molecule has 90 valence electrons. The van der Waals surface area contributed by atoms with E-state index in [0.29, 0.717) is 18.7 Å². The average molecular weight is 236 g/mol. The Balaban J connectivity index is 1.95. The molecule has 0 aliphatic carbocycles. The molecular formula is C10H13FN6. The van der Waals surface area contributed by atoms with Gasteiger partial charge in [0.1, 0.15) is 18.5 Å². The number of nitrogens with zero attached hydrogens (tertiary/aromatic N) is 5. The van der Waals surface area contributed by atoms with Crippen molar-refractivity contribution in [2.45, 2.75) is 13.3 Å². The first-order valence-corrected chi connectivity index (χ1v) is 5.22. The van der Waals surface area contributed by atoms with Crippen molar-refractivity contribution in [2.24, 2.45) is 7.05 Å². The van der Waals surface area contributed by atoms with Crippen LogP contribution < -0.4 is 5.32 Å². The zero-order chi connectivity index (χ0) is 12.3. The third-order valence-corrected chi connectivity index (χ3v) is 2.41. The molecule has 0 aliphatic heterocycles. The zero-order valence-corrected chi connectivity index (χ0v) is 9.68. The molecule has 2 rings (SSSR count). The first-order valence-electron chi connectivity index (χ1n) is 5.22. The summed E-state index contributed by atoms with van der Waals surface area (Å²) in [5.41, 5.74) is 0.334. The number of halogens is 1. The Morgan fingerprint density at radius 3 is 2.94 bits per heavy atom. The van der Waals surface area contributed by atoms with Crippen LogP contribution in [0.25, 0.3) is 0 Å². The van der Waals surface area contributed by atoms with Gasteiger partial charge in [0.2, 0.25) is 0 Å². The first kappa shape index (κ1) is 11.4. The largest absolute Gasteiger partial charge is 0.367 e. The highest BCUT2D eigenvalue weighted by Crippen LogP contribution is 2.11. The van der Waals surface area contributed by atoms with E-state index in [9.17, 15) is 4.39 Å². The Morgan fingerprint density at radius 2 is 2.24 bits per heavy atom. The Labute approximate surface area is 97.9 Å². The van der Waals surface area contributed by atoms with Gasteiger partial charge in [0.15, 0.2) is 11.6 Å². The molecule has 0 amide bonds. The first-order chi connectivity index (χ1) is 8.18. The lowest BCUT2D eigenvalue weighted by molar-refractivity contribution is 0.604. The van der Waals surface area contributed by atoms with Crippen molar-refractivity contribution in [1.29, 1.82) is 0 Å². The molecule has 0 atom stereocenters. The lowest BCUT2D eigenvalue weighted by Crippen LogP contribution is -2.11. The smallest absolute Gasteiger partial charge is 0.186 e. The topological polar surface area (TPSA) is 68.5 Å². The van der Waals surface area contributed by atoms with Crippen LogP contribution in [0.1, 0.15) is 11.5 Å². The van der Waals surface area contributed by atoms with Crippen LogP contribution in [0, 0.1) is 12.7 Å². The van der Waals surface area contributed by atoms with Gasteiger partial charge in [0.25, 0.3) is 0 Å². The molecule has 0 aromatic carbocycles. The maximum atomic E-state index is 13.5. The van der Waals surface area contributed by atoms with E-state index in [1.165, 1.54) is 6.33 Å². The molecule has 0 spiro atoms. The summed E-state index contributed by atoms with van der Waals surface area (Å²) in [4.78, 5) is 7.60. The highest BCUT2D eigenvalue weighted by atomic mass is 19.1. The fourth-order valence-corrected chi connectivity index (χ4v) is 1.41. The van der Waals surface area contributed by atoms with Crippen LogP contribution in [0.4, 0.5) is 10.2 Å². The summed E-state index contributed by atoms with van der Waals surface area (Å²) >= 11 is 0. The fraction of sp³-hybridized carbons (Fsp3) is 0.400. The van der Waals surface area contributed by atoms with Crippen LogP contribution in [0.5, 0.6) is 0 Å². The molecule has 0 unspecified atom stereocenters. The van der Waals surface area contributed by atoms with Crippen molar-refractivity contribution >= 4 is 5.82 Å².